The van der Waals surface area contributed by atoms with E-state index in [-0.39, 0.29) is 24.0 Å². The molecule has 0 unspecified atom stereocenters. The number of benzene rings is 1. The fourth-order valence-electron chi connectivity index (χ4n) is 2.64. The minimum Gasteiger partial charge on any atom is -0.493 e. The molecule has 0 saturated carbocycles. The Balaban J connectivity index is 0.00000312. The maximum Gasteiger partial charge on any atom is 0.190 e. The second-order valence-electron chi connectivity index (χ2n) is 6.54. The molecule has 5 nitrogen and oxygen atoms in total. The largest absolute Gasteiger partial charge is 0.493 e. The minimum atomic E-state index is 0. The monoisotopic (exact) mass is 461 g/mol. The highest BCUT2D eigenvalue weighted by molar-refractivity contribution is 14.0. The molecule has 0 amide bonds. The molecule has 25 heavy (non-hydrogen) atoms. The van der Waals surface area contributed by atoms with Crippen LogP contribution in [0.4, 0.5) is 0 Å². The van der Waals surface area contributed by atoms with Crippen molar-refractivity contribution in [2.45, 2.75) is 33.1 Å². The number of fused-ring (bicyclic) bond motifs is 1. The summed E-state index contributed by atoms with van der Waals surface area (Å²) in [4.78, 5) is 4.26. The van der Waals surface area contributed by atoms with Crippen molar-refractivity contribution in [3.63, 3.8) is 0 Å². The van der Waals surface area contributed by atoms with E-state index in [0.717, 1.165) is 63.9 Å². The number of halogens is 1. The van der Waals surface area contributed by atoms with Crippen LogP contribution in [0.15, 0.2) is 23.2 Å². The number of hydrogen-bond acceptors (Lipinski definition) is 3. The number of ether oxygens (including phenoxy) is 2. The van der Waals surface area contributed by atoms with Gasteiger partial charge in [-0.2, -0.15) is 0 Å². The molecule has 0 spiro atoms. The van der Waals surface area contributed by atoms with Gasteiger partial charge in [0.25, 0.3) is 0 Å². The normalized spacial score (nSPS) is 13.2. The van der Waals surface area contributed by atoms with Crippen LogP contribution in [0.1, 0.15) is 31.4 Å². The zero-order chi connectivity index (χ0) is 17.2. The maximum atomic E-state index is 5.58. The van der Waals surface area contributed by atoms with E-state index in [1.807, 2.05) is 0 Å². The Bertz CT molecular complexity index is 535. The Hall–Kier alpha value is -1.02. The molecular formula is C19H32IN3O2. The second kappa shape index (κ2) is 12.4. The van der Waals surface area contributed by atoms with Crippen LogP contribution in [-0.2, 0) is 17.6 Å². The average Bonchev–Trinajstić information content (AvgIpc) is 3.03. The first-order chi connectivity index (χ1) is 11.7. The number of nitrogens with zero attached hydrogens (tertiary/aromatic N) is 1. The van der Waals surface area contributed by atoms with Crippen LogP contribution in [0, 0.1) is 5.92 Å². The maximum absolute atomic E-state index is 5.58. The Morgan fingerprint density at radius 1 is 1.28 bits per heavy atom. The highest BCUT2D eigenvalue weighted by atomic mass is 127. The summed E-state index contributed by atoms with van der Waals surface area (Å²) in [6.07, 6.45) is 2.99. The lowest BCUT2D eigenvalue weighted by atomic mass is 10.1. The smallest absolute Gasteiger partial charge is 0.190 e. The molecule has 142 valence electrons. The van der Waals surface area contributed by atoms with Gasteiger partial charge in [-0.25, -0.2) is 0 Å². The highest BCUT2D eigenvalue weighted by Gasteiger charge is 2.11. The van der Waals surface area contributed by atoms with Gasteiger partial charge in [-0.15, -0.1) is 24.0 Å². The lowest BCUT2D eigenvalue weighted by Gasteiger charge is -2.12. The summed E-state index contributed by atoms with van der Waals surface area (Å²) in [5.41, 5.74) is 2.67. The van der Waals surface area contributed by atoms with E-state index in [2.05, 4.69) is 47.7 Å². The van der Waals surface area contributed by atoms with Crippen LogP contribution in [-0.4, -0.2) is 45.9 Å². The summed E-state index contributed by atoms with van der Waals surface area (Å²) >= 11 is 0. The SMILES string of the molecule is CN=C(NCCCOCC(C)C)NCCc1ccc2c(c1)CCO2.I. The van der Waals surface area contributed by atoms with Gasteiger partial charge in [0, 0.05) is 39.8 Å². The Morgan fingerprint density at radius 2 is 2.08 bits per heavy atom. The first-order valence-corrected chi connectivity index (χ1v) is 8.96. The van der Waals surface area contributed by atoms with Crippen molar-refractivity contribution in [3.05, 3.63) is 29.3 Å². The van der Waals surface area contributed by atoms with E-state index >= 15 is 0 Å². The molecular weight excluding hydrogens is 429 g/mol. The third kappa shape index (κ3) is 8.27. The molecule has 0 aromatic heterocycles. The average molecular weight is 461 g/mol. The van der Waals surface area contributed by atoms with Gasteiger partial charge in [0.05, 0.1) is 6.61 Å². The molecule has 0 atom stereocenters. The summed E-state index contributed by atoms with van der Waals surface area (Å²) in [5.74, 6) is 2.49. The molecule has 0 bridgehead atoms. The second-order valence-corrected chi connectivity index (χ2v) is 6.54. The molecule has 0 saturated heterocycles. The van der Waals surface area contributed by atoms with Gasteiger partial charge in [-0.05, 0) is 36.0 Å². The number of nitrogens with one attached hydrogen (secondary N) is 2. The molecule has 0 fully saturated rings. The predicted octanol–water partition coefficient (Wildman–Crippen LogP) is 3.01. The molecule has 1 aromatic carbocycles. The molecule has 1 aliphatic rings. The van der Waals surface area contributed by atoms with Gasteiger partial charge in [-0.1, -0.05) is 26.0 Å². The third-order valence-electron chi connectivity index (χ3n) is 3.89. The molecule has 2 N–H and O–H groups in total. The van der Waals surface area contributed by atoms with Crippen molar-refractivity contribution in [1.29, 1.82) is 0 Å². The van der Waals surface area contributed by atoms with Crippen molar-refractivity contribution in [2.24, 2.45) is 10.9 Å². The van der Waals surface area contributed by atoms with Crippen LogP contribution in [0.25, 0.3) is 0 Å². The zero-order valence-corrected chi connectivity index (χ0v) is 18.0. The van der Waals surface area contributed by atoms with Crippen molar-refractivity contribution < 1.29 is 9.47 Å². The molecule has 2 rings (SSSR count). The standard InChI is InChI=1S/C19H31N3O2.HI/c1-15(2)14-23-11-4-9-21-19(20-3)22-10-7-16-5-6-18-17(13-16)8-12-24-18;/h5-6,13,15H,4,7-12,14H2,1-3H3,(H2,20,21,22);1H. The zero-order valence-electron chi connectivity index (χ0n) is 15.6. The summed E-state index contributed by atoms with van der Waals surface area (Å²) in [7, 11) is 1.80. The van der Waals surface area contributed by atoms with Gasteiger partial charge in [0.2, 0.25) is 0 Å². The van der Waals surface area contributed by atoms with Gasteiger partial charge in [0.1, 0.15) is 5.75 Å². The Labute approximate surface area is 169 Å². The van der Waals surface area contributed by atoms with Crippen molar-refractivity contribution in [3.8, 4) is 5.75 Å². The van der Waals surface area contributed by atoms with Crippen LogP contribution in [0.2, 0.25) is 0 Å². The van der Waals surface area contributed by atoms with Gasteiger partial charge >= 0.3 is 0 Å². The van der Waals surface area contributed by atoms with E-state index in [1.54, 1.807) is 7.05 Å². The van der Waals surface area contributed by atoms with E-state index < -0.39 is 0 Å². The fraction of sp³-hybridized carbons (Fsp3) is 0.632. The number of rotatable bonds is 9. The fourth-order valence-corrected chi connectivity index (χ4v) is 2.64. The molecule has 1 aliphatic heterocycles. The topological polar surface area (TPSA) is 54.9 Å². The van der Waals surface area contributed by atoms with E-state index in [0.29, 0.717) is 5.92 Å². The lowest BCUT2D eigenvalue weighted by Crippen LogP contribution is -2.39. The van der Waals surface area contributed by atoms with Gasteiger partial charge in [0.15, 0.2) is 5.96 Å². The van der Waals surface area contributed by atoms with Gasteiger partial charge in [-0.3, -0.25) is 4.99 Å². The molecule has 1 aromatic rings. The Kier molecular flexibility index (Phi) is 10.9. The van der Waals surface area contributed by atoms with E-state index in [4.69, 9.17) is 9.47 Å². The molecule has 6 heteroatoms. The molecule has 0 radical (unpaired) electrons. The summed E-state index contributed by atoms with van der Waals surface area (Å²) in [6, 6.07) is 6.49. The van der Waals surface area contributed by atoms with Crippen molar-refractivity contribution >= 4 is 29.9 Å². The summed E-state index contributed by atoms with van der Waals surface area (Å²) in [6.45, 7) is 8.50. The van der Waals surface area contributed by atoms with Crippen molar-refractivity contribution in [2.75, 3.05) is 40.0 Å². The number of hydrogen-bond donors (Lipinski definition) is 2. The third-order valence-corrected chi connectivity index (χ3v) is 3.89. The van der Waals surface area contributed by atoms with Crippen molar-refractivity contribution in [1.82, 2.24) is 10.6 Å². The number of aliphatic imine (C=N–C) groups is 1. The first-order valence-electron chi connectivity index (χ1n) is 8.96. The van der Waals surface area contributed by atoms with E-state index in [9.17, 15) is 0 Å². The molecule has 0 aliphatic carbocycles. The highest BCUT2D eigenvalue weighted by Crippen LogP contribution is 2.25. The number of guanidine groups is 1. The van der Waals surface area contributed by atoms with Crippen LogP contribution in [0.5, 0.6) is 5.75 Å². The van der Waals surface area contributed by atoms with Crippen LogP contribution in [0.3, 0.4) is 0 Å². The quantitative estimate of drug-likeness (QED) is 0.257. The van der Waals surface area contributed by atoms with Crippen LogP contribution >= 0.6 is 24.0 Å². The summed E-state index contributed by atoms with van der Waals surface area (Å²) in [5, 5.41) is 6.69. The molecule has 1 heterocycles. The first kappa shape index (κ1) is 22.0. The Morgan fingerprint density at radius 3 is 2.84 bits per heavy atom. The summed E-state index contributed by atoms with van der Waals surface area (Å²) < 4.78 is 11.1. The van der Waals surface area contributed by atoms with E-state index in [1.165, 1.54) is 11.1 Å². The predicted molar refractivity (Wildman–Crippen MR) is 114 cm³/mol. The van der Waals surface area contributed by atoms with Gasteiger partial charge < -0.3 is 20.1 Å². The van der Waals surface area contributed by atoms with Crippen LogP contribution < -0.4 is 15.4 Å². The lowest BCUT2D eigenvalue weighted by molar-refractivity contribution is 0.108. The minimum absolute atomic E-state index is 0.